The average Bonchev–Trinajstić information content (AvgIpc) is 2.55. The second-order valence-corrected chi connectivity index (χ2v) is 8.66. The first-order valence-corrected chi connectivity index (χ1v) is 10.2. The van der Waals surface area contributed by atoms with Gasteiger partial charge in [0.05, 0.1) is 18.0 Å². The topological polar surface area (TPSA) is 38.3 Å². The zero-order chi connectivity index (χ0) is 18.6. The molecule has 25 heavy (non-hydrogen) atoms. The summed E-state index contributed by atoms with van der Waals surface area (Å²) >= 11 is 0. The summed E-state index contributed by atoms with van der Waals surface area (Å²) in [4.78, 5) is 0. The maximum atomic E-state index is 12.9. The molecule has 0 saturated heterocycles. The number of aryl methyl sites for hydroxylation is 1. The standard InChI is InChI=1S/C21H31NO2S/c1-7-9-19-20(16(5)11-8-10-14(2)3)17-12-15(4)13-18(24-6)21(17)22-25(19)23/h7,10,12-13,16,19-20,22H,1,8-9,11H2,2-6H3/t16-,19-,20+,25?/m0/s1. The molecule has 0 aromatic heterocycles. The third kappa shape index (κ3) is 4.55. The molecule has 2 rings (SSSR count). The molecule has 0 amide bonds. The van der Waals surface area contributed by atoms with Crippen LogP contribution in [0, 0.1) is 12.8 Å². The highest BCUT2D eigenvalue weighted by Gasteiger charge is 2.38. The van der Waals surface area contributed by atoms with E-state index in [0.717, 1.165) is 30.7 Å². The normalized spacial score (nSPS) is 23.2. The molecule has 1 aromatic rings. The van der Waals surface area contributed by atoms with Crippen LogP contribution in [-0.4, -0.2) is 16.6 Å². The van der Waals surface area contributed by atoms with E-state index >= 15 is 0 Å². The van der Waals surface area contributed by atoms with Gasteiger partial charge in [0.1, 0.15) is 16.7 Å². The fourth-order valence-corrected chi connectivity index (χ4v) is 5.27. The van der Waals surface area contributed by atoms with Crippen molar-refractivity contribution in [1.29, 1.82) is 0 Å². The second-order valence-electron chi connectivity index (χ2n) is 7.26. The summed E-state index contributed by atoms with van der Waals surface area (Å²) in [5, 5.41) is 0.0400. The van der Waals surface area contributed by atoms with Crippen LogP contribution in [0.2, 0.25) is 0 Å². The summed E-state index contributed by atoms with van der Waals surface area (Å²) in [7, 11) is 0.530. The van der Waals surface area contributed by atoms with E-state index in [9.17, 15) is 4.21 Å². The van der Waals surface area contributed by atoms with Gasteiger partial charge in [0.2, 0.25) is 0 Å². The molecule has 0 radical (unpaired) electrons. The van der Waals surface area contributed by atoms with Gasteiger partial charge in [-0.1, -0.05) is 30.7 Å². The number of benzene rings is 1. The first-order valence-electron chi connectivity index (χ1n) is 8.99. The van der Waals surface area contributed by atoms with Crippen LogP contribution in [0.25, 0.3) is 0 Å². The van der Waals surface area contributed by atoms with Crippen LogP contribution in [0.15, 0.2) is 36.4 Å². The van der Waals surface area contributed by atoms with E-state index in [1.807, 2.05) is 12.1 Å². The van der Waals surface area contributed by atoms with Gasteiger partial charge in [-0.2, -0.15) is 0 Å². The third-order valence-corrected chi connectivity index (χ3v) is 6.36. The number of rotatable bonds is 7. The van der Waals surface area contributed by atoms with E-state index in [-0.39, 0.29) is 11.2 Å². The highest BCUT2D eigenvalue weighted by molar-refractivity contribution is 7.87. The van der Waals surface area contributed by atoms with Crippen molar-refractivity contribution in [2.45, 2.75) is 58.1 Å². The SMILES string of the molecule is C=CC[C@H]1[C@H]([C@@H](C)CCC=C(C)C)c2cc(C)cc(OC)c2NS1=O. The van der Waals surface area contributed by atoms with Gasteiger partial charge in [-0.25, -0.2) is 4.21 Å². The molecule has 0 aliphatic carbocycles. The van der Waals surface area contributed by atoms with Gasteiger partial charge in [0, 0.05) is 5.92 Å². The van der Waals surface area contributed by atoms with Crippen molar-refractivity contribution in [3.05, 3.63) is 47.6 Å². The van der Waals surface area contributed by atoms with E-state index < -0.39 is 11.0 Å². The lowest BCUT2D eigenvalue weighted by molar-refractivity contribution is 0.401. The quantitative estimate of drug-likeness (QED) is 0.651. The van der Waals surface area contributed by atoms with Crippen molar-refractivity contribution < 1.29 is 8.95 Å². The Labute approximate surface area is 155 Å². The summed E-state index contributed by atoms with van der Waals surface area (Å²) < 4.78 is 21.6. The first kappa shape index (κ1) is 19.8. The Bertz CT molecular complexity index is 677. The van der Waals surface area contributed by atoms with Gasteiger partial charge < -0.3 is 9.46 Å². The van der Waals surface area contributed by atoms with Crippen LogP contribution in [0.5, 0.6) is 5.75 Å². The van der Waals surface area contributed by atoms with Gasteiger partial charge in [0.15, 0.2) is 0 Å². The van der Waals surface area contributed by atoms with Crippen LogP contribution in [0.4, 0.5) is 5.69 Å². The zero-order valence-corrected chi connectivity index (χ0v) is 16.9. The summed E-state index contributed by atoms with van der Waals surface area (Å²) in [5.41, 5.74) is 4.64. The molecule has 0 spiro atoms. The summed E-state index contributed by atoms with van der Waals surface area (Å²) in [6.45, 7) is 12.5. The molecule has 1 N–H and O–H groups in total. The predicted octanol–water partition coefficient (Wildman–Crippen LogP) is 5.50. The molecule has 0 saturated carbocycles. The fraction of sp³-hybridized carbons (Fsp3) is 0.524. The van der Waals surface area contributed by atoms with Crippen LogP contribution in [0.1, 0.15) is 57.1 Å². The maximum absolute atomic E-state index is 12.9. The highest BCUT2D eigenvalue weighted by Crippen LogP contribution is 2.46. The first-order chi connectivity index (χ1) is 11.9. The maximum Gasteiger partial charge on any atom is 0.143 e. The number of fused-ring (bicyclic) bond motifs is 1. The lowest BCUT2D eigenvalue weighted by Gasteiger charge is -2.37. The number of nitrogens with one attached hydrogen (secondary N) is 1. The fourth-order valence-electron chi connectivity index (χ4n) is 3.71. The van der Waals surface area contributed by atoms with Gasteiger partial charge in [-0.3, -0.25) is 0 Å². The Kier molecular flexibility index (Phi) is 6.88. The minimum Gasteiger partial charge on any atom is -0.495 e. The van der Waals surface area contributed by atoms with E-state index in [2.05, 4.69) is 51.1 Å². The molecule has 1 aliphatic heterocycles. The minimum absolute atomic E-state index is 0.0400. The molecule has 138 valence electrons. The van der Waals surface area contributed by atoms with Crippen LogP contribution >= 0.6 is 0 Å². The predicted molar refractivity (Wildman–Crippen MR) is 109 cm³/mol. The molecular weight excluding hydrogens is 330 g/mol. The van der Waals surface area contributed by atoms with E-state index in [1.165, 1.54) is 16.7 Å². The van der Waals surface area contributed by atoms with Gasteiger partial charge in [0.25, 0.3) is 0 Å². The zero-order valence-electron chi connectivity index (χ0n) is 16.1. The number of allylic oxidation sites excluding steroid dienone is 3. The van der Waals surface area contributed by atoms with Gasteiger partial charge >= 0.3 is 0 Å². The van der Waals surface area contributed by atoms with E-state index in [0.29, 0.717) is 5.92 Å². The number of anilines is 1. The lowest BCUT2D eigenvalue weighted by atomic mass is 9.79. The number of methoxy groups -OCH3 is 1. The summed E-state index contributed by atoms with van der Waals surface area (Å²) in [6.07, 6.45) is 7.05. The molecule has 0 fully saturated rings. The van der Waals surface area contributed by atoms with Crippen molar-refractivity contribution >= 4 is 16.7 Å². The second kappa shape index (κ2) is 8.70. The molecule has 0 bridgehead atoms. The lowest BCUT2D eigenvalue weighted by Crippen LogP contribution is -2.36. The number of hydrogen-bond donors (Lipinski definition) is 1. The van der Waals surface area contributed by atoms with Crippen molar-refractivity contribution in [1.82, 2.24) is 0 Å². The number of ether oxygens (including phenoxy) is 1. The average molecular weight is 362 g/mol. The smallest absolute Gasteiger partial charge is 0.143 e. The molecular formula is C21H31NO2S. The molecule has 4 heteroatoms. The Morgan fingerprint density at radius 2 is 2.16 bits per heavy atom. The van der Waals surface area contributed by atoms with Crippen molar-refractivity contribution in [2.24, 2.45) is 5.92 Å². The molecule has 4 atom stereocenters. The summed E-state index contributed by atoms with van der Waals surface area (Å²) in [6, 6.07) is 4.22. The Morgan fingerprint density at radius 3 is 2.76 bits per heavy atom. The van der Waals surface area contributed by atoms with Crippen LogP contribution in [-0.2, 0) is 11.0 Å². The molecule has 1 heterocycles. The van der Waals surface area contributed by atoms with Crippen molar-refractivity contribution in [3.8, 4) is 5.75 Å². The number of hydrogen-bond acceptors (Lipinski definition) is 2. The molecule has 1 aromatic carbocycles. The Hall–Kier alpha value is -1.55. The van der Waals surface area contributed by atoms with E-state index in [4.69, 9.17) is 4.74 Å². The Morgan fingerprint density at radius 1 is 1.44 bits per heavy atom. The van der Waals surface area contributed by atoms with Gasteiger partial charge in [-0.05, 0) is 63.1 Å². The Balaban J connectivity index is 2.45. The van der Waals surface area contributed by atoms with Gasteiger partial charge in [-0.15, -0.1) is 6.58 Å². The van der Waals surface area contributed by atoms with Crippen LogP contribution in [0.3, 0.4) is 0 Å². The molecule has 1 aliphatic rings. The van der Waals surface area contributed by atoms with Crippen molar-refractivity contribution in [3.63, 3.8) is 0 Å². The summed E-state index contributed by atoms with van der Waals surface area (Å²) in [5.74, 6) is 1.44. The molecule has 3 nitrogen and oxygen atoms in total. The van der Waals surface area contributed by atoms with Crippen LogP contribution < -0.4 is 9.46 Å². The van der Waals surface area contributed by atoms with E-state index in [1.54, 1.807) is 7.11 Å². The third-order valence-electron chi connectivity index (χ3n) is 4.92. The highest BCUT2D eigenvalue weighted by atomic mass is 32.2. The molecule has 1 unspecified atom stereocenters. The largest absolute Gasteiger partial charge is 0.495 e. The van der Waals surface area contributed by atoms with Crippen molar-refractivity contribution in [2.75, 3.05) is 11.8 Å². The monoisotopic (exact) mass is 361 g/mol. The minimum atomic E-state index is -1.14.